The summed E-state index contributed by atoms with van der Waals surface area (Å²) in [6.45, 7) is 0.389. The molecule has 0 aliphatic rings. The SMILES string of the molecule is N#Cc1c(Cc2ccccc2Cl)nn(Cc2ccc(Cl)c(Cl)c2)c1N. The van der Waals surface area contributed by atoms with Crippen LogP contribution in [0.5, 0.6) is 0 Å². The van der Waals surface area contributed by atoms with E-state index in [9.17, 15) is 5.26 Å². The van der Waals surface area contributed by atoms with E-state index in [2.05, 4.69) is 11.2 Å². The zero-order valence-electron chi connectivity index (χ0n) is 13.0. The third-order valence-corrected chi connectivity index (χ3v) is 4.92. The molecule has 0 aliphatic heterocycles. The number of nitrogens with two attached hydrogens (primary N) is 1. The van der Waals surface area contributed by atoms with Crippen LogP contribution in [0.2, 0.25) is 15.1 Å². The van der Waals surface area contributed by atoms with E-state index in [1.165, 1.54) is 0 Å². The van der Waals surface area contributed by atoms with Crippen LogP contribution in [-0.4, -0.2) is 9.78 Å². The largest absolute Gasteiger partial charge is 0.383 e. The average Bonchev–Trinajstić information content (AvgIpc) is 2.88. The van der Waals surface area contributed by atoms with E-state index < -0.39 is 0 Å². The van der Waals surface area contributed by atoms with Crippen molar-refractivity contribution in [3.05, 3.63) is 79.9 Å². The number of hydrogen-bond acceptors (Lipinski definition) is 3. The normalized spacial score (nSPS) is 10.6. The highest BCUT2D eigenvalue weighted by Crippen LogP contribution is 2.26. The summed E-state index contributed by atoms with van der Waals surface area (Å²) in [5.74, 6) is 0.315. The number of anilines is 1. The predicted octanol–water partition coefficient (Wildman–Crippen LogP) is 4.94. The number of halogens is 3. The van der Waals surface area contributed by atoms with Crippen molar-refractivity contribution in [2.75, 3.05) is 5.73 Å². The summed E-state index contributed by atoms with van der Waals surface area (Å²) in [7, 11) is 0. The summed E-state index contributed by atoms with van der Waals surface area (Å²) in [6.07, 6.45) is 0.432. The molecule has 4 nitrogen and oxygen atoms in total. The quantitative estimate of drug-likeness (QED) is 0.685. The smallest absolute Gasteiger partial charge is 0.140 e. The molecule has 0 unspecified atom stereocenters. The molecule has 0 aliphatic carbocycles. The number of nitriles is 1. The molecular weight excluding hydrogens is 379 g/mol. The van der Waals surface area contributed by atoms with Crippen molar-refractivity contribution < 1.29 is 0 Å². The van der Waals surface area contributed by atoms with Crippen molar-refractivity contribution in [3.8, 4) is 6.07 Å². The molecule has 0 radical (unpaired) electrons. The van der Waals surface area contributed by atoms with Crippen LogP contribution in [0.4, 0.5) is 5.82 Å². The Labute approximate surface area is 160 Å². The highest BCUT2D eigenvalue weighted by molar-refractivity contribution is 6.42. The van der Waals surface area contributed by atoms with Gasteiger partial charge in [0.05, 0.1) is 22.3 Å². The molecule has 0 spiro atoms. The highest BCUT2D eigenvalue weighted by Gasteiger charge is 2.17. The van der Waals surface area contributed by atoms with Gasteiger partial charge in [-0.1, -0.05) is 59.1 Å². The molecular formula is C18H13Cl3N4. The molecule has 0 bridgehead atoms. The maximum atomic E-state index is 9.45. The van der Waals surface area contributed by atoms with Crippen LogP contribution in [0.15, 0.2) is 42.5 Å². The lowest BCUT2D eigenvalue weighted by molar-refractivity contribution is 0.685. The first-order valence-corrected chi connectivity index (χ1v) is 8.55. The van der Waals surface area contributed by atoms with Gasteiger partial charge in [0.25, 0.3) is 0 Å². The van der Waals surface area contributed by atoms with Crippen LogP contribution >= 0.6 is 34.8 Å². The van der Waals surface area contributed by atoms with Gasteiger partial charge in [0, 0.05) is 11.4 Å². The minimum Gasteiger partial charge on any atom is -0.383 e. The Balaban J connectivity index is 1.94. The number of rotatable bonds is 4. The molecule has 0 fully saturated rings. The van der Waals surface area contributed by atoms with E-state index in [1.807, 2.05) is 24.3 Å². The van der Waals surface area contributed by atoms with E-state index in [1.54, 1.807) is 22.9 Å². The van der Waals surface area contributed by atoms with Crippen LogP contribution in [0.25, 0.3) is 0 Å². The summed E-state index contributed by atoms with van der Waals surface area (Å²) in [5.41, 5.74) is 8.84. The van der Waals surface area contributed by atoms with Gasteiger partial charge in [0.2, 0.25) is 0 Å². The molecule has 2 N–H and O–H groups in total. The maximum absolute atomic E-state index is 9.45. The van der Waals surface area contributed by atoms with Crippen LogP contribution < -0.4 is 5.73 Å². The summed E-state index contributed by atoms with van der Waals surface area (Å²) in [6, 6.07) is 14.9. The van der Waals surface area contributed by atoms with E-state index in [4.69, 9.17) is 40.5 Å². The topological polar surface area (TPSA) is 67.6 Å². The molecule has 0 saturated heterocycles. The minimum absolute atomic E-state index is 0.315. The average molecular weight is 392 g/mol. The predicted molar refractivity (Wildman–Crippen MR) is 101 cm³/mol. The molecule has 3 rings (SSSR count). The molecule has 0 amide bonds. The first-order valence-electron chi connectivity index (χ1n) is 7.42. The summed E-state index contributed by atoms with van der Waals surface area (Å²) in [5, 5.41) is 15.5. The van der Waals surface area contributed by atoms with Crippen LogP contribution in [0, 0.1) is 11.3 Å². The van der Waals surface area contributed by atoms with Gasteiger partial charge in [-0.3, -0.25) is 0 Å². The van der Waals surface area contributed by atoms with Gasteiger partial charge in [0.1, 0.15) is 17.5 Å². The Bertz CT molecular complexity index is 973. The van der Waals surface area contributed by atoms with Gasteiger partial charge >= 0.3 is 0 Å². The van der Waals surface area contributed by atoms with Crippen LogP contribution in [-0.2, 0) is 13.0 Å². The monoisotopic (exact) mass is 390 g/mol. The summed E-state index contributed by atoms with van der Waals surface area (Å²) >= 11 is 18.2. The lowest BCUT2D eigenvalue weighted by atomic mass is 10.1. The molecule has 0 saturated carbocycles. The van der Waals surface area contributed by atoms with Gasteiger partial charge in [-0.05, 0) is 29.3 Å². The first kappa shape index (κ1) is 17.6. The molecule has 25 heavy (non-hydrogen) atoms. The Kier molecular flexibility index (Phi) is 5.19. The van der Waals surface area contributed by atoms with Crippen molar-refractivity contribution in [2.45, 2.75) is 13.0 Å². The molecule has 2 aromatic carbocycles. The number of aromatic nitrogens is 2. The van der Waals surface area contributed by atoms with Crippen LogP contribution in [0.3, 0.4) is 0 Å². The standard InChI is InChI=1S/C18H13Cl3N4/c19-14-4-2-1-3-12(14)8-17-13(9-22)18(23)25(24-17)10-11-5-6-15(20)16(21)7-11/h1-7H,8,10,23H2. The fourth-order valence-electron chi connectivity index (χ4n) is 2.53. The number of hydrogen-bond donors (Lipinski definition) is 1. The first-order chi connectivity index (χ1) is 12.0. The zero-order chi connectivity index (χ0) is 18.0. The Morgan fingerprint density at radius 1 is 1.04 bits per heavy atom. The molecule has 1 heterocycles. The van der Waals surface area contributed by atoms with Gasteiger partial charge in [-0.25, -0.2) is 4.68 Å². The van der Waals surface area contributed by atoms with Crippen molar-refractivity contribution in [1.29, 1.82) is 5.26 Å². The Hall–Kier alpha value is -2.19. The summed E-state index contributed by atoms with van der Waals surface area (Å²) in [4.78, 5) is 0. The molecule has 0 atom stereocenters. The maximum Gasteiger partial charge on any atom is 0.140 e. The van der Waals surface area contributed by atoms with E-state index in [-0.39, 0.29) is 0 Å². The van der Waals surface area contributed by atoms with E-state index in [0.29, 0.717) is 45.1 Å². The lowest BCUT2D eigenvalue weighted by Gasteiger charge is -2.05. The molecule has 7 heteroatoms. The zero-order valence-corrected chi connectivity index (χ0v) is 15.3. The molecule has 126 valence electrons. The fourth-order valence-corrected chi connectivity index (χ4v) is 3.05. The number of nitrogen functional groups attached to an aromatic ring is 1. The van der Waals surface area contributed by atoms with E-state index in [0.717, 1.165) is 11.1 Å². The Morgan fingerprint density at radius 2 is 1.80 bits per heavy atom. The van der Waals surface area contributed by atoms with Gasteiger partial charge in [0.15, 0.2) is 0 Å². The lowest BCUT2D eigenvalue weighted by Crippen LogP contribution is -2.06. The minimum atomic E-state index is 0.315. The van der Waals surface area contributed by atoms with Gasteiger partial charge in [-0.2, -0.15) is 10.4 Å². The summed E-state index contributed by atoms with van der Waals surface area (Å²) < 4.78 is 1.59. The highest BCUT2D eigenvalue weighted by atomic mass is 35.5. The van der Waals surface area contributed by atoms with Gasteiger partial charge < -0.3 is 5.73 Å². The van der Waals surface area contributed by atoms with Crippen molar-refractivity contribution in [3.63, 3.8) is 0 Å². The van der Waals surface area contributed by atoms with Crippen molar-refractivity contribution in [2.24, 2.45) is 0 Å². The number of benzene rings is 2. The molecule has 1 aromatic heterocycles. The Morgan fingerprint density at radius 3 is 2.48 bits per heavy atom. The second-order valence-corrected chi connectivity index (χ2v) is 6.71. The van der Waals surface area contributed by atoms with Crippen molar-refractivity contribution in [1.82, 2.24) is 9.78 Å². The van der Waals surface area contributed by atoms with Gasteiger partial charge in [-0.15, -0.1) is 0 Å². The van der Waals surface area contributed by atoms with Crippen LogP contribution in [0.1, 0.15) is 22.4 Å². The fraction of sp³-hybridized carbons (Fsp3) is 0.111. The third-order valence-electron chi connectivity index (χ3n) is 3.81. The third kappa shape index (κ3) is 3.74. The second kappa shape index (κ2) is 7.37. The number of nitrogens with zero attached hydrogens (tertiary/aromatic N) is 3. The molecule has 3 aromatic rings. The van der Waals surface area contributed by atoms with E-state index >= 15 is 0 Å². The second-order valence-electron chi connectivity index (χ2n) is 5.49. The van der Waals surface area contributed by atoms with Crippen molar-refractivity contribution >= 4 is 40.6 Å².